The Balaban J connectivity index is 3.17. The third kappa shape index (κ3) is 2.62. The summed E-state index contributed by atoms with van der Waals surface area (Å²) in [6, 6.07) is 3.62. The summed E-state index contributed by atoms with van der Waals surface area (Å²) in [7, 11) is 0. The van der Waals surface area contributed by atoms with Crippen LogP contribution in [0.2, 0.25) is 0 Å². The maximum absolute atomic E-state index is 8.65. The molecule has 0 aromatic carbocycles. The lowest BCUT2D eigenvalue weighted by Gasteiger charge is -2.20. The van der Waals surface area contributed by atoms with E-state index in [1.54, 1.807) is 6.07 Å². The van der Waals surface area contributed by atoms with E-state index >= 15 is 0 Å². The first-order valence-electron chi connectivity index (χ1n) is 5.33. The molecule has 5 nitrogen and oxygen atoms in total. The minimum Gasteiger partial charge on any atom is -0.409 e. The van der Waals surface area contributed by atoms with Gasteiger partial charge in [0.25, 0.3) is 0 Å². The van der Waals surface area contributed by atoms with Crippen molar-refractivity contribution in [1.82, 2.24) is 4.98 Å². The molecule has 0 atom stereocenters. The van der Waals surface area contributed by atoms with Gasteiger partial charge < -0.3 is 15.8 Å². The van der Waals surface area contributed by atoms with Crippen LogP contribution in [0.15, 0.2) is 17.3 Å². The molecule has 1 heterocycles. The van der Waals surface area contributed by atoms with Crippen LogP contribution < -0.4 is 10.6 Å². The summed E-state index contributed by atoms with van der Waals surface area (Å²) in [6.07, 6.45) is 0. The van der Waals surface area contributed by atoms with Crippen molar-refractivity contribution in [2.75, 3.05) is 18.0 Å². The number of rotatable bonds is 4. The predicted octanol–water partition coefficient (Wildman–Crippen LogP) is 1.33. The van der Waals surface area contributed by atoms with E-state index in [2.05, 4.69) is 28.9 Å². The number of oxime groups is 1. The van der Waals surface area contributed by atoms with Crippen molar-refractivity contribution in [3.05, 3.63) is 23.4 Å². The Labute approximate surface area is 95.6 Å². The number of amidine groups is 1. The smallest absolute Gasteiger partial charge is 0.170 e. The fourth-order valence-corrected chi connectivity index (χ4v) is 1.57. The summed E-state index contributed by atoms with van der Waals surface area (Å²) in [5.41, 5.74) is 7.11. The van der Waals surface area contributed by atoms with Crippen LogP contribution in [-0.4, -0.2) is 29.1 Å². The van der Waals surface area contributed by atoms with Crippen molar-refractivity contribution in [2.24, 2.45) is 10.9 Å². The third-order valence-electron chi connectivity index (χ3n) is 2.43. The molecule has 0 unspecified atom stereocenters. The molecule has 16 heavy (non-hydrogen) atoms. The van der Waals surface area contributed by atoms with Crippen molar-refractivity contribution in [1.29, 1.82) is 0 Å². The minimum atomic E-state index is 0.110. The third-order valence-corrected chi connectivity index (χ3v) is 2.43. The van der Waals surface area contributed by atoms with Crippen LogP contribution in [0.4, 0.5) is 5.82 Å². The molecule has 3 N–H and O–H groups in total. The van der Waals surface area contributed by atoms with E-state index < -0.39 is 0 Å². The van der Waals surface area contributed by atoms with Crippen LogP contribution >= 0.6 is 0 Å². The molecule has 1 aromatic heterocycles. The highest BCUT2D eigenvalue weighted by Crippen LogP contribution is 2.14. The summed E-state index contributed by atoms with van der Waals surface area (Å²) in [5.74, 6) is 0.963. The van der Waals surface area contributed by atoms with Gasteiger partial charge in [0.1, 0.15) is 5.82 Å². The zero-order valence-corrected chi connectivity index (χ0v) is 9.94. The first-order valence-corrected chi connectivity index (χ1v) is 5.33. The Bertz CT molecular complexity index is 386. The van der Waals surface area contributed by atoms with E-state index in [1.807, 2.05) is 13.0 Å². The van der Waals surface area contributed by atoms with Gasteiger partial charge in [-0.15, -0.1) is 0 Å². The van der Waals surface area contributed by atoms with Crippen molar-refractivity contribution < 1.29 is 5.21 Å². The molecule has 0 saturated heterocycles. The second kappa shape index (κ2) is 5.34. The normalized spacial score (nSPS) is 11.6. The lowest BCUT2D eigenvalue weighted by Crippen LogP contribution is -2.24. The number of hydrogen-bond acceptors (Lipinski definition) is 4. The van der Waals surface area contributed by atoms with Gasteiger partial charge in [-0.1, -0.05) is 5.16 Å². The van der Waals surface area contributed by atoms with Gasteiger partial charge in [-0.25, -0.2) is 4.98 Å². The number of pyridine rings is 1. The Morgan fingerprint density at radius 1 is 1.44 bits per heavy atom. The largest absolute Gasteiger partial charge is 0.409 e. The predicted molar refractivity (Wildman–Crippen MR) is 65.0 cm³/mol. The summed E-state index contributed by atoms with van der Waals surface area (Å²) >= 11 is 0. The highest BCUT2D eigenvalue weighted by atomic mass is 16.4. The van der Waals surface area contributed by atoms with Crippen LogP contribution in [0.5, 0.6) is 0 Å². The number of hydrogen-bond donors (Lipinski definition) is 2. The molecule has 0 spiro atoms. The van der Waals surface area contributed by atoms with Gasteiger partial charge in [-0.2, -0.15) is 0 Å². The Kier molecular flexibility index (Phi) is 4.10. The van der Waals surface area contributed by atoms with E-state index in [0.29, 0.717) is 5.56 Å². The molecule has 1 aromatic rings. The average Bonchev–Trinajstić information content (AvgIpc) is 2.29. The maximum Gasteiger partial charge on any atom is 0.170 e. The van der Waals surface area contributed by atoms with Crippen LogP contribution in [0, 0.1) is 6.92 Å². The lowest BCUT2D eigenvalue weighted by atomic mass is 10.2. The Morgan fingerprint density at radius 2 is 2.06 bits per heavy atom. The van der Waals surface area contributed by atoms with E-state index in [9.17, 15) is 0 Å². The van der Waals surface area contributed by atoms with Gasteiger partial charge in [0, 0.05) is 24.3 Å². The zero-order valence-electron chi connectivity index (χ0n) is 9.94. The molecule has 0 aliphatic rings. The molecule has 0 bridgehead atoms. The molecule has 0 saturated carbocycles. The molecule has 1 rings (SSSR count). The summed E-state index contributed by atoms with van der Waals surface area (Å²) in [4.78, 5) is 6.54. The molecule has 0 aliphatic carbocycles. The van der Waals surface area contributed by atoms with Crippen LogP contribution in [-0.2, 0) is 0 Å². The fourth-order valence-electron chi connectivity index (χ4n) is 1.57. The monoisotopic (exact) mass is 222 g/mol. The van der Waals surface area contributed by atoms with Gasteiger partial charge in [0.15, 0.2) is 5.84 Å². The van der Waals surface area contributed by atoms with E-state index in [1.165, 1.54) is 0 Å². The standard InChI is InChI=1S/C11H18N4O/c1-4-15(5-2)10-7-9(11(12)14-16)6-8(3)13-10/h6-7,16H,4-5H2,1-3H3,(H2,12,14). The second-order valence-corrected chi connectivity index (χ2v) is 3.51. The Morgan fingerprint density at radius 3 is 2.56 bits per heavy atom. The van der Waals surface area contributed by atoms with Gasteiger partial charge in [-0.05, 0) is 32.9 Å². The number of nitrogens with zero attached hydrogens (tertiary/aromatic N) is 3. The topological polar surface area (TPSA) is 74.7 Å². The second-order valence-electron chi connectivity index (χ2n) is 3.51. The van der Waals surface area contributed by atoms with Gasteiger partial charge >= 0.3 is 0 Å². The minimum absolute atomic E-state index is 0.110. The number of nitrogens with two attached hydrogens (primary N) is 1. The fraction of sp³-hybridized carbons (Fsp3) is 0.455. The number of anilines is 1. The molecule has 5 heteroatoms. The molecule has 0 amide bonds. The molecular formula is C11H18N4O. The first-order chi connectivity index (χ1) is 7.62. The zero-order chi connectivity index (χ0) is 12.1. The van der Waals surface area contributed by atoms with Crippen LogP contribution in [0.3, 0.4) is 0 Å². The van der Waals surface area contributed by atoms with Gasteiger partial charge in [0.2, 0.25) is 0 Å². The number of aryl methyl sites for hydroxylation is 1. The quantitative estimate of drug-likeness (QED) is 0.349. The summed E-state index contributed by atoms with van der Waals surface area (Å²) < 4.78 is 0. The molecular weight excluding hydrogens is 204 g/mol. The average molecular weight is 222 g/mol. The molecule has 0 fully saturated rings. The van der Waals surface area contributed by atoms with Crippen LogP contribution in [0.1, 0.15) is 25.1 Å². The summed E-state index contributed by atoms with van der Waals surface area (Å²) in [6.45, 7) is 7.78. The molecule has 88 valence electrons. The molecule has 0 radical (unpaired) electrons. The highest BCUT2D eigenvalue weighted by Gasteiger charge is 2.08. The van der Waals surface area contributed by atoms with Crippen molar-refractivity contribution in [3.8, 4) is 0 Å². The Hall–Kier alpha value is -1.78. The van der Waals surface area contributed by atoms with Crippen molar-refractivity contribution >= 4 is 11.7 Å². The highest BCUT2D eigenvalue weighted by molar-refractivity contribution is 5.97. The lowest BCUT2D eigenvalue weighted by molar-refractivity contribution is 0.318. The first kappa shape index (κ1) is 12.3. The van der Waals surface area contributed by atoms with E-state index in [0.717, 1.165) is 24.6 Å². The van der Waals surface area contributed by atoms with Crippen molar-refractivity contribution in [2.45, 2.75) is 20.8 Å². The maximum atomic E-state index is 8.65. The van der Waals surface area contributed by atoms with Gasteiger partial charge in [-0.3, -0.25) is 0 Å². The van der Waals surface area contributed by atoms with E-state index in [-0.39, 0.29) is 5.84 Å². The summed E-state index contributed by atoms with van der Waals surface area (Å²) in [5, 5.41) is 11.7. The SMILES string of the molecule is CCN(CC)c1cc(/C(N)=N/O)cc(C)n1. The number of aromatic nitrogens is 1. The van der Waals surface area contributed by atoms with Crippen LogP contribution in [0.25, 0.3) is 0 Å². The van der Waals surface area contributed by atoms with Crippen molar-refractivity contribution in [3.63, 3.8) is 0 Å². The molecule has 0 aliphatic heterocycles. The van der Waals surface area contributed by atoms with Gasteiger partial charge in [0.05, 0.1) is 0 Å². The van der Waals surface area contributed by atoms with E-state index in [4.69, 9.17) is 10.9 Å².